The summed E-state index contributed by atoms with van der Waals surface area (Å²) in [6.45, 7) is 0. The number of anilines is 2. The number of hydrogen-bond acceptors (Lipinski definition) is 2. The minimum absolute atomic E-state index is 0.191. The molecule has 2 aromatic rings. The number of hydrogen-bond donors (Lipinski definition) is 2. The molecule has 1 saturated carbocycles. The van der Waals surface area contributed by atoms with Gasteiger partial charge in [0.05, 0.1) is 10.6 Å². The van der Waals surface area contributed by atoms with Gasteiger partial charge in [-0.1, -0.05) is 43.0 Å². The lowest BCUT2D eigenvalue weighted by atomic mass is 9.95. The minimum atomic E-state index is -0.191. The summed E-state index contributed by atoms with van der Waals surface area (Å²) in [4.78, 5) is 12.2. The van der Waals surface area contributed by atoms with Crippen molar-refractivity contribution in [3.8, 4) is 0 Å². The van der Waals surface area contributed by atoms with Gasteiger partial charge in [0.15, 0.2) is 0 Å². The second kappa shape index (κ2) is 7.51. The van der Waals surface area contributed by atoms with E-state index >= 15 is 0 Å². The molecule has 3 rings (SSSR count). The van der Waals surface area contributed by atoms with Gasteiger partial charge >= 0.3 is 0 Å². The standard InChI is InChI=1S/C19H21ClN2O/c20-18-9-5-4-8-17(18)19(23)22-16-12-10-15(11-13-16)21-14-6-2-1-3-7-14/h4-5,8-14,21H,1-3,6-7H2,(H,22,23). The molecule has 1 aliphatic carbocycles. The zero-order valence-corrected chi connectivity index (χ0v) is 13.8. The summed E-state index contributed by atoms with van der Waals surface area (Å²) in [7, 11) is 0. The predicted octanol–water partition coefficient (Wildman–Crippen LogP) is 5.34. The molecule has 120 valence electrons. The van der Waals surface area contributed by atoms with Gasteiger partial charge in [-0.15, -0.1) is 0 Å². The highest BCUT2D eigenvalue weighted by atomic mass is 35.5. The Bertz CT molecular complexity index is 663. The maximum absolute atomic E-state index is 12.2. The highest BCUT2D eigenvalue weighted by molar-refractivity contribution is 6.34. The zero-order chi connectivity index (χ0) is 16.1. The molecule has 3 nitrogen and oxygen atoms in total. The highest BCUT2D eigenvalue weighted by Gasteiger charge is 2.13. The fraction of sp³-hybridized carbons (Fsp3) is 0.316. The van der Waals surface area contributed by atoms with E-state index in [0.29, 0.717) is 16.6 Å². The van der Waals surface area contributed by atoms with E-state index < -0.39 is 0 Å². The lowest BCUT2D eigenvalue weighted by Crippen LogP contribution is -2.22. The molecule has 2 aromatic carbocycles. The fourth-order valence-electron chi connectivity index (χ4n) is 2.98. The molecular weight excluding hydrogens is 308 g/mol. The second-order valence-electron chi connectivity index (χ2n) is 5.99. The number of carbonyl (C=O) groups is 1. The minimum Gasteiger partial charge on any atom is -0.382 e. The Morgan fingerprint density at radius 2 is 1.57 bits per heavy atom. The summed E-state index contributed by atoms with van der Waals surface area (Å²) in [5, 5.41) is 6.91. The lowest BCUT2D eigenvalue weighted by Gasteiger charge is -2.23. The summed E-state index contributed by atoms with van der Waals surface area (Å²) < 4.78 is 0. The monoisotopic (exact) mass is 328 g/mol. The molecule has 0 aromatic heterocycles. The molecule has 0 spiro atoms. The first-order chi connectivity index (χ1) is 11.2. The molecule has 1 fully saturated rings. The SMILES string of the molecule is O=C(Nc1ccc(NC2CCCCC2)cc1)c1ccccc1Cl. The van der Waals surface area contributed by atoms with Crippen molar-refractivity contribution < 1.29 is 4.79 Å². The summed E-state index contributed by atoms with van der Waals surface area (Å²) >= 11 is 6.05. The van der Waals surface area contributed by atoms with Gasteiger partial charge < -0.3 is 10.6 Å². The molecule has 2 N–H and O–H groups in total. The largest absolute Gasteiger partial charge is 0.382 e. The fourth-order valence-corrected chi connectivity index (χ4v) is 3.20. The van der Waals surface area contributed by atoms with Crippen molar-refractivity contribution >= 4 is 28.9 Å². The first kappa shape index (κ1) is 15.9. The van der Waals surface area contributed by atoms with Crippen molar-refractivity contribution in [1.82, 2.24) is 0 Å². The average Bonchev–Trinajstić information content (AvgIpc) is 2.58. The van der Waals surface area contributed by atoms with Gasteiger partial charge in [-0.05, 0) is 49.2 Å². The number of rotatable bonds is 4. The molecule has 0 radical (unpaired) electrons. The maximum atomic E-state index is 12.2. The number of amides is 1. The van der Waals surface area contributed by atoms with Gasteiger partial charge in [0.1, 0.15) is 0 Å². The molecule has 0 bridgehead atoms. The molecule has 1 aliphatic rings. The third-order valence-electron chi connectivity index (χ3n) is 4.24. The van der Waals surface area contributed by atoms with Crippen molar-refractivity contribution in [2.45, 2.75) is 38.1 Å². The molecule has 0 heterocycles. The first-order valence-corrected chi connectivity index (χ1v) is 8.52. The Balaban J connectivity index is 1.61. The molecule has 0 saturated heterocycles. The summed E-state index contributed by atoms with van der Waals surface area (Å²) in [6, 6.07) is 15.5. The summed E-state index contributed by atoms with van der Waals surface area (Å²) in [6.07, 6.45) is 6.45. The van der Waals surface area contributed by atoms with Gasteiger partial charge in [-0.25, -0.2) is 0 Å². The smallest absolute Gasteiger partial charge is 0.257 e. The Morgan fingerprint density at radius 3 is 2.26 bits per heavy atom. The molecule has 1 amide bonds. The third kappa shape index (κ3) is 4.26. The van der Waals surface area contributed by atoms with Gasteiger partial charge in [0, 0.05) is 17.4 Å². The normalized spacial score (nSPS) is 15.2. The maximum Gasteiger partial charge on any atom is 0.257 e. The van der Waals surface area contributed by atoms with Crippen molar-refractivity contribution in [3.05, 3.63) is 59.1 Å². The first-order valence-electron chi connectivity index (χ1n) is 8.15. The van der Waals surface area contributed by atoms with Gasteiger partial charge in [-0.2, -0.15) is 0 Å². The second-order valence-corrected chi connectivity index (χ2v) is 6.40. The Labute approximate surface area is 142 Å². The predicted molar refractivity (Wildman–Crippen MR) is 96.3 cm³/mol. The average molecular weight is 329 g/mol. The number of carbonyl (C=O) groups excluding carboxylic acids is 1. The molecule has 4 heteroatoms. The van der Waals surface area contributed by atoms with Crippen LogP contribution in [0.25, 0.3) is 0 Å². The molecule has 23 heavy (non-hydrogen) atoms. The number of halogens is 1. The van der Waals surface area contributed by atoms with Crippen molar-refractivity contribution in [1.29, 1.82) is 0 Å². The Kier molecular flexibility index (Phi) is 5.19. The third-order valence-corrected chi connectivity index (χ3v) is 4.57. The van der Waals surface area contributed by atoms with Crippen LogP contribution in [0.3, 0.4) is 0 Å². The molecule has 0 unspecified atom stereocenters. The van der Waals surface area contributed by atoms with E-state index in [1.807, 2.05) is 30.3 Å². The van der Waals surface area contributed by atoms with Crippen LogP contribution >= 0.6 is 11.6 Å². The van der Waals surface area contributed by atoms with Gasteiger partial charge in [0.2, 0.25) is 0 Å². The van der Waals surface area contributed by atoms with Crippen LogP contribution in [0.5, 0.6) is 0 Å². The summed E-state index contributed by atoms with van der Waals surface area (Å²) in [5.41, 5.74) is 2.36. The molecule has 0 atom stereocenters. The van der Waals surface area contributed by atoms with E-state index in [0.717, 1.165) is 11.4 Å². The Hall–Kier alpha value is -2.00. The van der Waals surface area contributed by atoms with Crippen molar-refractivity contribution in [3.63, 3.8) is 0 Å². The molecular formula is C19H21ClN2O. The Morgan fingerprint density at radius 1 is 0.913 bits per heavy atom. The van der Waals surface area contributed by atoms with Crippen LogP contribution in [-0.2, 0) is 0 Å². The van der Waals surface area contributed by atoms with E-state index in [1.54, 1.807) is 18.2 Å². The molecule has 0 aliphatic heterocycles. The number of benzene rings is 2. The highest BCUT2D eigenvalue weighted by Crippen LogP contribution is 2.23. The van der Waals surface area contributed by atoms with Crippen molar-refractivity contribution in [2.24, 2.45) is 0 Å². The van der Waals surface area contributed by atoms with Gasteiger partial charge in [0.25, 0.3) is 5.91 Å². The lowest BCUT2D eigenvalue weighted by molar-refractivity contribution is 0.102. The zero-order valence-electron chi connectivity index (χ0n) is 13.0. The van der Waals surface area contributed by atoms with E-state index in [4.69, 9.17) is 11.6 Å². The van der Waals surface area contributed by atoms with Crippen molar-refractivity contribution in [2.75, 3.05) is 10.6 Å². The van der Waals surface area contributed by atoms with Gasteiger partial charge in [-0.3, -0.25) is 4.79 Å². The summed E-state index contributed by atoms with van der Waals surface area (Å²) in [5.74, 6) is -0.191. The van der Waals surface area contributed by atoms with Crippen LogP contribution in [0.4, 0.5) is 11.4 Å². The van der Waals surface area contributed by atoms with E-state index in [-0.39, 0.29) is 5.91 Å². The van der Waals surface area contributed by atoms with Crippen LogP contribution in [0, 0.1) is 0 Å². The van der Waals surface area contributed by atoms with Crippen LogP contribution in [0.1, 0.15) is 42.5 Å². The van der Waals surface area contributed by atoms with Crippen LogP contribution in [-0.4, -0.2) is 11.9 Å². The van der Waals surface area contributed by atoms with E-state index in [2.05, 4.69) is 10.6 Å². The number of nitrogens with one attached hydrogen (secondary N) is 2. The topological polar surface area (TPSA) is 41.1 Å². The van der Waals surface area contributed by atoms with E-state index in [1.165, 1.54) is 32.1 Å². The quantitative estimate of drug-likeness (QED) is 0.795. The van der Waals surface area contributed by atoms with Crippen LogP contribution in [0.15, 0.2) is 48.5 Å². The van der Waals surface area contributed by atoms with Crippen LogP contribution in [0.2, 0.25) is 5.02 Å². The van der Waals surface area contributed by atoms with Crippen LogP contribution < -0.4 is 10.6 Å². The van der Waals surface area contributed by atoms with E-state index in [9.17, 15) is 4.79 Å².